The molecule has 6 nitrogen and oxygen atoms in total. The molecule has 0 aliphatic rings. The van der Waals surface area contributed by atoms with Crippen molar-refractivity contribution >= 4 is 27.5 Å². The number of halogens is 1. The highest BCUT2D eigenvalue weighted by molar-refractivity contribution is 7.89. The van der Waals surface area contributed by atoms with Gasteiger partial charge in [-0.2, -0.15) is 0 Å². The van der Waals surface area contributed by atoms with E-state index in [-0.39, 0.29) is 18.0 Å². The first-order valence-electron chi connectivity index (χ1n) is 7.48. The van der Waals surface area contributed by atoms with Gasteiger partial charge in [0, 0.05) is 11.6 Å². The first-order chi connectivity index (χ1) is 11.8. The molecule has 0 aromatic heterocycles. The summed E-state index contributed by atoms with van der Waals surface area (Å²) in [6, 6.07) is 11.6. The quantitative estimate of drug-likeness (QED) is 0.769. The molecule has 0 unspecified atom stereocenters. The molecule has 2 N–H and O–H groups in total. The third kappa shape index (κ3) is 5.19. The second kappa shape index (κ2) is 8.33. The van der Waals surface area contributed by atoms with Gasteiger partial charge in [-0.05, 0) is 42.3 Å². The molecule has 0 aliphatic carbocycles. The van der Waals surface area contributed by atoms with Crippen LogP contribution in [0.15, 0.2) is 47.4 Å². The van der Waals surface area contributed by atoms with Gasteiger partial charge in [0.25, 0.3) is 0 Å². The summed E-state index contributed by atoms with van der Waals surface area (Å²) in [7, 11) is -2.27. The maximum absolute atomic E-state index is 12.3. The fourth-order valence-corrected chi connectivity index (χ4v) is 3.43. The SMILES string of the molecule is COc1ccc(S(=O)(=O)NCC(=O)NCc2ccccc2Cl)cc1C. The van der Waals surface area contributed by atoms with Crippen molar-refractivity contribution in [1.29, 1.82) is 0 Å². The molecule has 0 fully saturated rings. The van der Waals surface area contributed by atoms with Gasteiger partial charge >= 0.3 is 0 Å². The van der Waals surface area contributed by atoms with Crippen LogP contribution in [0.1, 0.15) is 11.1 Å². The van der Waals surface area contributed by atoms with E-state index >= 15 is 0 Å². The van der Waals surface area contributed by atoms with Crippen LogP contribution in [0.2, 0.25) is 5.02 Å². The van der Waals surface area contributed by atoms with Gasteiger partial charge in [-0.3, -0.25) is 4.79 Å². The number of aryl methyl sites for hydroxylation is 1. The van der Waals surface area contributed by atoms with Gasteiger partial charge < -0.3 is 10.1 Å². The van der Waals surface area contributed by atoms with E-state index in [1.165, 1.54) is 19.2 Å². The maximum Gasteiger partial charge on any atom is 0.241 e. The van der Waals surface area contributed by atoms with Crippen molar-refractivity contribution in [2.75, 3.05) is 13.7 Å². The third-order valence-electron chi connectivity index (χ3n) is 3.53. The molecule has 2 aromatic carbocycles. The summed E-state index contributed by atoms with van der Waals surface area (Å²) in [4.78, 5) is 11.9. The van der Waals surface area contributed by atoms with Crippen LogP contribution in [-0.4, -0.2) is 28.0 Å². The zero-order chi connectivity index (χ0) is 18.4. The normalized spacial score (nSPS) is 11.2. The van der Waals surface area contributed by atoms with Crippen molar-refractivity contribution in [3.05, 3.63) is 58.6 Å². The summed E-state index contributed by atoms with van der Waals surface area (Å²) >= 11 is 6.00. The molecule has 0 radical (unpaired) electrons. The number of benzene rings is 2. The molecule has 1 amide bonds. The Bertz CT molecular complexity index is 869. The molecule has 0 saturated heterocycles. The van der Waals surface area contributed by atoms with E-state index in [0.29, 0.717) is 16.3 Å². The van der Waals surface area contributed by atoms with Gasteiger partial charge in [0.1, 0.15) is 5.75 Å². The second-order valence-corrected chi connectivity index (χ2v) is 7.50. The topological polar surface area (TPSA) is 84.5 Å². The zero-order valence-corrected chi connectivity index (χ0v) is 15.4. The van der Waals surface area contributed by atoms with Gasteiger partial charge in [0.2, 0.25) is 15.9 Å². The molecular weight excluding hydrogens is 364 g/mol. The summed E-state index contributed by atoms with van der Waals surface area (Å²) in [5.41, 5.74) is 1.44. The lowest BCUT2D eigenvalue weighted by Crippen LogP contribution is -2.36. The fourth-order valence-electron chi connectivity index (χ4n) is 2.16. The van der Waals surface area contributed by atoms with Crippen molar-refractivity contribution < 1.29 is 17.9 Å². The summed E-state index contributed by atoms with van der Waals surface area (Å²) in [6.07, 6.45) is 0. The number of sulfonamides is 1. The summed E-state index contributed by atoms with van der Waals surface area (Å²) in [6.45, 7) is 1.61. The number of amides is 1. The Kier molecular flexibility index (Phi) is 6.41. The number of carbonyl (C=O) groups excluding carboxylic acids is 1. The number of hydrogen-bond acceptors (Lipinski definition) is 4. The second-order valence-electron chi connectivity index (χ2n) is 5.32. The van der Waals surface area contributed by atoms with Gasteiger partial charge in [-0.15, -0.1) is 0 Å². The molecule has 2 aromatic rings. The molecule has 2 rings (SSSR count). The first kappa shape index (κ1) is 19.2. The Morgan fingerprint density at radius 1 is 1.20 bits per heavy atom. The van der Waals surface area contributed by atoms with Crippen molar-refractivity contribution in [2.24, 2.45) is 0 Å². The number of methoxy groups -OCH3 is 1. The van der Waals surface area contributed by atoms with Crippen LogP contribution in [0.25, 0.3) is 0 Å². The Morgan fingerprint density at radius 3 is 2.56 bits per heavy atom. The Morgan fingerprint density at radius 2 is 1.92 bits per heavy atom. The summed E-state index contributed by atoms with van der Waals surface area (Å²) in [5.74, 6) is 0.144. The van der Waals surface area contributed by atoms with Gasteiger partial charge in [0.05, 0.1) is 18.6 Å². The van der Waals surface area contributed by atoms with Crippen molar-refractivity contribution in [3.8, 4) is 5.75 Å². The van der Waals surface area contributed by atoms with Crippen LogP contribution < -0.4 is 14.8 Å². The van der Waals surface area contributed by atoms with Crippen molar-refractivity contribution in [3.63, 3.8) is 0 Å². The molecule has 8 heteroatoms. The number of rotatable bonds is 7. The smallest absolute Gasteiger partial charge is 0.241 e. The lowest BCUT2D eigenvalue weighted by molar-refractivity contribution is -0.120. The van der Waals surface area contributed by atoms with Crippen LogP contribution in [-0.2, 0) is 21.4 Å². The molecule has 0 heterocycles. The van der Waals surface area contributed by atoms with E-state index in [1.54, 1.807) is 31.2 Å². The van der Waals surface area contributed by atoms with E-state index in [9.17, 15) is 13.2 Å². The fraction of sp³-hybridized carbons (Fsp3) is 0.235. The van der Waals surface area contributed by atoms with Crippen LogP contribution in [0.3, 0.4) is 0 Å². The third-order valence-corrected chi connectivity index (χ3v) is 5.30. The lowest BCUT2D eigenvalue weighted by atomic mass is 10.2. The van der Waals surface area contributed by atoms with Gasteiger partial charge in [0.15, 0.2) is 0 Å². The van der Waals surface area contributed by atoms with E-state index in [1.807, 2.05) is 6.07 Å². The van der Waals surface area contributed by atoms with Gasteiger partial charge in [-0.25, -0.2) is 13.1 Å². The maximum atomic E-state index is 12.3. The van der Waals surface area contributed by atoms with Crippen LogP contribution in [0, 0.1) is 6.92 Å². The average Bonchev–Trinajstić information content (AvgIpc) is 2.59. The molecule has 0 saturated carbocycles. The molecule has 0 aliphatic heterocycles. The average molecular weight is 383 g/mol. The first-order valence-corrected chi connectivity index (χ1v) is 9.34. The minimum Gasteiger partial charge on any atom is -0.496 e. The molecule has 0 spiro atoms. The summed E-state index contributed by atoms with van der Waals surface area (Å²) < 4.78 is 31.9. The highest BCUT2D eigenvalue weighted by Gasteiger charge is 2.16. The minimum absolute atomic E-state index is 0.0738. The molecule has 134 valence electrons. The number of nitrogens with one attached hydrogen (secondary N) is 2. The molecular formula is C17H19ClN2O4S. The van der Waals surface area contributed by atoms with E-state index in [2.05, 4.69) is 10.0 Å². The Hall–Kier alpha value is -2.09. The predicted octanol–water partition coefficient (Wildman–Crippen LogP) is 2.25. The minimum atomic E-state index is -3.79. The zero-order valence-electron chi connectivity index (χ0n) is 13.9. The molecule has 0 atom stereocenters. The van der Waals surface area contributed by atoms with Crippen LogP contribution in [0.4, 0.5) is 0 Å². The van der Waals surface area contributed by atoms with Gasteiger partial charge in [-0.1, -0.05) is 29.8 Å². The predicted molar refractivity (Wildman–Crippen MR) is 96.2 cm³/mol. The van der Waals surface area contributed by atoms with E-state index in [4.69, 9.17) is 16.3 Å². The largest absolute Gasteiger partial charge is 0.496 e. The Labute approximate surface area is 152 Å². The molecule has 0 bridgehead atoms. The van der Waals surface area contributed by atoms with Crippen molar-refractivity contribution in [1.82, 2.24) is 10.0 Å². The van der Waals surface area contributed by atoms with Crippen LogP contribution >= 0.6 is 11.6 Å². The van der Waals surface area contributed by atoms with E-state index in [0.717, 1.165) is 5.56 Å². The standard InChI is InChI=1S/C17H19ClN2O4S/c1-12-9-14(7-8-16(12)24-2)25(22,23)20-11-17(21)19-10-13-5-3-4-6-15(13)18/h3-9,20H,10-11H2,1-2H3,(H,19,21). The van der Waals surface area contributed by atoms with Crippen molar-refractivity contribution in [2.45, 2.75) is 18.4 Å². The highest BCUT2D eigenvalue weighted by atomic mass is 35.5. The molecule has 25 heavy (non-hydrogen) atoms. The summed E-state index contributed by atoms with van der Waals surface area (Å²) in [5, 5.41) is 3.16. The van der Waals surface area contributed by atoms with Crippen LogP contribution in [0.5, 0.6) is 5.75 Å². The number of carbonyl (C=O) groups is 1. The Balaban J connectivity index is 1.94. The van der Waals surface area contributed by atoms with E-state index < -0.39 is 15.9 Å². The monoisotopic (exact) mass is 382 g/mol. The number of hydrogen-bond donors (Lipinski definition) is 2. The lowest BCUT2D eigenvalue weighted by Gasteiger charge is -2.10. The number of ether oxygens (including phenoxy) is 1. The highest BCUT2D eigenvalue weighted by Crippen LogP contribution is 2.21.